The molecule has 1 fully saturated rings. The van der Waals surface area contributed by atoms with Crippen LogP contribution in [-0.4, -0.2) is 68.5 Å². The van der Waals surface area contributed by atoms with Crippen LogP contribution in [0.5, 0.6) is 0 Å². The SMILES string of the molecule is CC[C@@H](C)C(=O)Nc1ncnn2c([C@]3(C#N)O[C@H](COC(=O)Cc4ccccc4)[C@@H](OC(=O)[C@@H](N)C(C)(C)C)[C@H]3O)ccc12. The lowest BCUT2D eigenvalue weighted by atomic mass is 9.87. The monoisotopic (exact) mass is 606 g/mol. The molecule has 0 spiro atoms. The number of nitrogens with one attached hydrogen (secondary N) is 1. The van der Waals surface area contributed by atoms with Crippen LogP contribution in [-0.2, 0) is 40.6 Å². The summed E-state index contributed by atoms with van der Waals surface area (Å²) in [5.74, 6) is -1.73. The quantitative estimate of drug-likeness (QED) is 0.287. The van der Waals surface area contributed by atoms with Gasteiger partial charge in [0.15, 0.2) is 11.9 Å². The fourth-order valence-electron chi connectivity index (χ4n) is 4.73. The highest BCUT2D eigenvalue weighted by Crippen LogP contribution is 2.42. The second kappa shape index (κ2) is 13.1. The molecule has 1 aliphatic heterocycles. The minimum absolute atomic E-state index is 0.0235. The molecule has 1 amide bonds. The van der Waals surface area contributed by atoms with Crippen LogP contribution >= 0.6 is 0 Å². The van der Waals surface area contributed by atoms with E-state index < -0.39 is 53.9 Å². The van der Waals surface area contributed by atoms with Crippen LogP contribution in [0.3, 0.4) is 0 Å². The molecule has 1 aromatic carbocycles. The molecule has 13 heteroatoms. The Morgan fingerprint density at radius 2 is 1.93 bits per heavy atom. The molecule has 44 heavy (non-hydrogen) atoms. The number of hydrogen-bond donors (Lipinski definition) is 3. The fraction of sp³-hybridized carbons (Fsp3) is 0.484. The molecule has 4 rings (SSSR count). The molecule has 0 radical (unpaired) electrons. The number of carbonyl (C=O) groups excluding carboxylic acids is 3. The van der Waals surface area contributed by atoms with Crippen LogP contribution in [0.1, 0.15) is 52.3 Å². The lowest BCUT2D eigenvalue weighted by molar-refractivity contribution is -0.163. The number of nitrogens with zero attached hydrogens (tertiary/aromatic N) is 4. The van der Waals surface area contributed by atoms with E-state index in [-0.39, 0.29) is 29.8 Å². The molecule has 0 saturated carbocycles. The first-order valence-corrected chi connectivity index (χ1v) is 14.4. The average molecular weight is 607 g/mol. The Balaban J connectivity index is 1.67. The zero-order valence-electron chi connectivity index (χ0n) is 25.4. The number of ether oxygens (including phenoxy) is 3. The molecule has 3 aromatic rings. The van der Waals surface area contributed by atoms with E-state index in [4.69, 9.17) is 19.9 Å². The van der Waals surface area contributed by atoms with Crippen molar-refractivity contribution in [2.75, 3.05) is 11.9 Å². The number of aliphatic hydroxyl groups is 1. The molecular formula is C31H38N6O7. The van der Waals surface area contributed by atoms with Crippen molar-refractivity contribution in [1.29, 1.82) is 5.26 Å². The minimum Gasteiger partial charge on any atom is -0.463 e. The topological polar surface area (TPSA) is 191 Å². The third kappa shape index (κ3) is 6.57. The number of amides is 1. The van der Waals surface area contributed by atoms with Gasteiger partial charge in [0.1, 0.15) is 42.8 Å². The Morgan fingerprint density at radius 3 is 2.57 bits per heavy atom. The molecular weight excluding hydrogens is 568 g/mol. The number of benzene rings is 1. The molecule has 234 valence electrons. The first-order valence-electron chi connectivity index (χ1n) is 14.4. The highest BCUT2D eigenvalue weighted by molar-refractivity contribution is 5.94. The number of aromatic nitrogens is 3. The molecule has 0 bridgehead atoms. The van der Waals surface area contributed by atoms with Gasteiger partial charge in [-0.05, 0) is 29.5 Å². The predicted octanol–water partition coefficient (Wildman–Crippen LogP) is 2.26. The number of hydrogen-bond acceptors (Lipinski definition) is 11. The van der Waals surface area contributed by atoms with E-state index in [9.17, 15) is 24.8 Å². The summed E-state index contributed by atoms with van der Waals surface area (Å²) in [5.41, 5.74) is 4.49. The smallest absolute Gasteiger partial charge is 0.323 e. The van der Waals surface area contributed by atoms with E-state index in [1.54, 1.807) is 58.0 Å². The van der Waals surface area contributed by atoms with Crippen molar-refractivity contribution in [3.05, 3.63) is 60.0 Å². The maximum Gasteiger partial charge on any atom is 0.323 e. The number of nitrogens with two attached hydrogens (primary N) is 1. The van der Waals surface area contributed by atoms with Gasteiger partial charge in [0.05, 0.1) is 12.1 Å². The summed E-state index contributed by atoms with van der Waals surface area (Å²) in [5, 5.41) is 29.1. The Morgan fingerprint density at radius 1 is 1.23 bits per heavy atom. The number of carbonyl (C=O) groups is 3. The molecule has 6 atom stereocenters. The summed E-state index contributed by atoms with van der Waals surface area (Å²) in [6.45, 7) is 8.51. The van der Waals surface area contributed by atoms with Crippen molar-refractivity contribution in [3.63, 3.8) is 0 Å². The van der Waals surface area contributed by atoms with E-state index in [1.165, 1.54) is 16.9 Å². The third-order valence-corrected chi connectivity index (χ3v) is 7.77. The maximum absolute atomic E-state index is 13.1. The van der Waals surface area contributed by atoms with Gasteiger partial charge in [-0.25, -0.2) is 9.50 Å². The first kappa shape index (κ1) is 32.5. The normalized spacial score (nSPS) is 23.0. The lowest BCUT2D eigenvalue weighted by Crippen LogP contribution is -2.49. The molecule has 4 N–H and O–H groups in total. The van der Waals surface area contributed by atoms with Gasteiger partial charge in [-0.3, -0.25) is 14.4 Å². The van der Waals surface area contributed by atoms with E-state index >= 15 is 0 Å². The number of esters is 2. The van der Waals surface area contributed by atoms with Gasteiger partial charge < -0.3 is 30.4 Å². The Kier molecular flexibility index (Phi) is 9.68. The zero-order chi connectivity index (χ0) is 32.2. The standard InChI is InChI=1S/C31H38N6O7/c1-6-18(2)28(40)36-27-20-12-13-22(37(20)35-17-34-27)31(16-32)26(39)24(43-29(41)25(33)30(3,4)5)21(44-31)15-42-23(38)14-19-10-8-7-9-11-19/h7-13,17-18,21,24-26,39H,6,14-15,33H2,1-5H3,(H,34,35,36,40)/t18-,21-,24-,25-,26-,31+/m1/s1. The van der Waals surface area contributed by atoms with Gasteiger partial charge in [0, 0.05) is 5.92 Å². The van der Waals surface area contributed by atoms with Gasteiger partial charge in [0.25, 0.3) is 0 Å². The predicted molar refractivity (Wildman–Crippen MR) is 158 cm³/mol. The summed E-state index contributed by atoms with van der Waals surface area (Å²) in [6, 6.07) is 13.0. The second-order valence-corrected chi connectivity index (χ2v) is 12.0. The van der Waals surface area contributed by atoms with Crippen molar-refractivity contribution < 1.29 is 33.7 Å². The first-order chi connectivity index (χ1) is 20.8. The average Bonchev–Trinajstić information content (AvgIpc) is 3.55. The number of fused-ring (bicyclic) bond motifs is 1. The molecule has 1 saturated heterocycles. The number of nitriles is 1. The van der Waals surface area contributed by atoms with Crippen molar-refractivity contribution >= 4 is 29.2 Å². The highest BCUT2D eigenvalue weighted by Gasteiger charge is 2.60. The van der Waals surface area contributed by atoms with Gasteiger partial charge in [0.2, 0.25) is 11.5 Å². The van der Waals surface area contributed by atoms with Crippen LogP contribution in [0.25, 0.3) is 5.52 Å². The van der Waals surface area contributed by atoms with Crippen LogP contribution in [0.4, 0.5) is 5.82 Å². The fourth-order valence-corrected chi connectivity index (χ4v) is 4.73. The molecule has 1 aliphatic rings. The zero-order valence-corrected chi connectivity index (χ0v) is 25.4. The lowest BCUT2D eigenvalue weighted by Gasteiger charge is -2.29. The van der Waals surface area contributed by atoms with Gasteiger partial charge in [-0.2, -0.15) is 10.4 Å². The van der Waals surface area contributed by atoms with Crippen LogP contribution < -0.4 is 11.1 Å². The van der Waals surface area contributed by atoms with Gasteiger partial charge in [-0.1, -0.05) is 65.0 Å². The Bertz CT molecular complexity index is 1550. The molecule has 3 heterocycles. The van der Waals surface area contributed by atoms with Crippen molar-refractivity contribution in [2.24, 2.45) is 17.1 Å². The van der Waals surface area contributed by atoms with Crippen molar-refractivity contribution in [3.8, 4) is 6.07 Å². The van der Waals surface area contributed by atoms with Crippen LogP contribution in [0.15, 0.2) is 48.8 Å². The molecule has 0 aliphatic carbocycles. The number of rotatable bonds is 10. The maximum atomic E-state index is 13.1. The molecule has 0 unspecified atom stereocenters. The van der Waals surface area contributed by atoms with E-state index in [1.807, 2.05) is 19.1 Å². The summed E-state index contributed by atoms with van der Waals surface area (Å²) in [7, 11) is 0. The Hall–Kier alpha value is -4.38. The third-order valence-electron chi connectivity index (χ3n) is 7.77. The summed E-state index contributed by atoms with van der Waals surface area (Å²) in [6.07, 6.45) is -2.63. The summed E-state index contributed by atoms with van der Waals surface area (Å²) in [4.78, 5) is 42.5. The number of aliphatic hydroxyl groups excluding tert-OH is 1. The van der Waals surface area contributed by atoms with Gasteiger partial charge >= 0.3 is 11.9 Å². The number of anilines is 1. The highest BCUT2D eigenvalue weighted by atomic mass is 16.6. The second-order valence-electron chi connectivity index (χ2n) is 12.0. The largest absolute Gasteiger partial charge is 0.463 e. The van der Waals surface area contributed by atoms with E-state index in [2.05, 4.69) is 15.4 Å². The van der Waals surface area contributed by atoms with Crippen LogP contribution in [0, 0.1) is 22.7 Å². The van der Waals surface area contributed by atoms with Crippen LogP contribution in [0.2, 0.25) is 0 Å². The Labute approximate surface area is 255 Å². The van der Waals surface area contributed by atoms with Crippen molar-refractivity contribution in [2.45, 2.75) is 77.4 Å². The molecule has 13 nitrogen and oxygen atoms in total. The molecule has 2 aromatic heterocycles. The van der Waals surface area contributed by atoms with Gasteiger partial charge in [-0.15, -0.1) is 0 Å². The van der Waals surface area contributed by atoms with E-state index in [0.29, 0.717) is 11.9 Å². The summed E-state index contributed by atoms with van der Waals surface area (Å²) >= 11 is 0. The van der Waals surface area contributed by atoms with E-state index in [0.717, 1.165) is 5.56 Å². The minimum atomic E-state index is -2.12. The van der Waals surface area contributed by atoms with Crippen molar-refractivity contribution in [1.82, 2.24) is 14.6 Å². The summed E-state index contributed by atoms with van der Waals surface area (Å²) < 4.78 is 18.6.